The van der Waals surface area contributed by atoms with Gasteiger partial charge in [-0.05, 0) is 68.7 Å². The van der Waals surface area contributed by atoms with Crippen molar-refractivity contribution in [2.24, 2.45) is 0 Å². The van der Waals surface area contributed by atoms with Crippen molar-refractivity contribution in [2.75, 3.05) is 4.72 Å². The molecule has 0 radical (unpaired) electrons. The first-order chi connectivity index (χ1) is 14.2. The summed E-state index contributed by atoms with van der Waals surface area (Å²) in [5.41, 5.74) is 4.80. The number of amides is 1. The fraction of sp³-hybridized carbons (Fsp3) is 0.208. The van der Waals surface area contributed by atoms with Crippen LogP contribution in [0.2, 0.25) is 0 Å². The van der Waals surface area contributed by atoms with Crippen LogP contribution in [0.1, 0.15) is 45.6 Å². The van der Waals surface area contributed by atoms with E-state index in [1.54, 1.807) is 48.5 Å². The van der Waals surface area contributed by atoms with Crippen molar-refractivity contribution >= 4 is 21.6 Å². The summed E-state index contributed by atoms with van der Waals surface area (Å²) >= 11 is 0. The van der Waals surface area contributed by atoms with Gasteiger partial charge in [-0.25, -0.2) is 8.42 Å². The van der Waals surface area contributed by atoms with Gasteiger partial charge in [-0.1, -0.05) is 48.0 Å². The summed E-state index contributed by atoms with van der Waals surface area (Å²) in [5, 5.41) is 2.96. The summed E-state index contributed by atoms with van der Waals surface area (Å²) in [6.45, 7) is 7.86. The normalized spacial score (nSPS) is 12.3. The Morgan fingerprint density at radius 2 is 1.53 bits per heavy atom. The lowest BCUT2D eigenvalue weighted by Gasteiger charge is -2.18. The Labute approximate surface area is 178 Å². The molecule has 0 bridgehead atoms. The zero-order valence-electron chi connectivity index (χ0n) is 17.6. The van der Waals surface area contributed by atoms with Gasteiger partial charge in [0.25, 0.3) is 15.9 Å². The molecule has 0 fully saturated rings. The van der Waals surface area contributed by atoms with Crippen LogP contribution >= 0.6 is 0 Å². The molecule has 3 aromatic rings. The van der Waals surface area contributed by atoms with Gasteiger partial charge in [-0.3, -0.25) is 9.52 Å². The van der Waals surface area contributed by atoms with Gasteiger partial charge >= 0.3 is 0 Å². The number of hydrogen-bond acceptors (Lipinski definition) is 3. The van der Waals surface area contributed by atoms with E-state index in [0.29, 0.717) is 0 Å². The molecule has 3 rings (SSSR count). The van der Waals surface area contributed by atoms with Crippen LogP contribution in [0.3, 0.4) is 0 Å². The minimum absolute atomic E-state index is 0.145. The molecular weight excluding hydrogens is 396 g/mol. The highest BCUT2D eigenvalue weighted by Gasteiger charge is 2.20. The summed E-state index contributed by atoms with van der Waals surface area (Å²) in [6.07, 6.45) is 0. The van der Waals surface area contributed by atoms with Gasteiger partial charge < -0.3 is 5.32 Å². The second-order valence-electron chi connectivity index (χ2n) is 7.50. The maximum atomic E-state index is 12.9. The van der Waals surface area contributed by atoms with E-state index in [1.807, 2.05) is 45.9 Å². The van der Waals surface area contributed by atoms with Gasteiger partial charge in [-0.2, -0.15) is 0 Å². The number of anilines is 1. The van der Waals surface area contributed by atoms with Crippen LogP contribution < -0.4 is 10.0 Å². The first-order valence-corrected chi connectivity index (χ1v) is 11.2. The molecule has 1 amide bonds. The Morgan fingerprint density at radius 1 is 0.867 bits per heavy atom. The van der Waals surface area contributed by atoms with Crippen LogP contribution in [0.4, 0.5) is 5.69 Å². The lowest BCUT2D eigenvalue weighted by atomic mass is 10.0. The van der Waals surface area contributed by atoms with Crippen LogP contribution in [-0.4, -0.2) is 14.3 Å². The van der Waals surface area contributed by atoms with Crippen molar-refractivity contribution in [3.8, 4) is 0 Å². The molecule has 0 aliphatic heterocycles. The van der Waals surface area contributed by atoms with Crippen molar-refractivity contribution in [3.63, 3.8) is 0 Å². The molecule has 0 aromatic heterocycles. The van der Waals surface area contributed by atoms with E-state index in [0.717, 1.165) is 16.7 Å². The second kappa shape index (κ2) is 8.71. The maximum absolute atomic E-state index is 12.9. The maximum Gasteiger partial charge on any atom is 0.261 e. The third kappa shape index (κ3) is 4.89. The van der Waals surface area contributed by atoms with Crippen LogP contribution in [0.15, 0.2) is 71.6 Å². The van der Waals surface area contributed by atoms with Crippen molar-refractivity contribution in [3.05, 3.63) is 94.5 Å². The monoisotopic (exact) mass is 422 g/mol. The fourth-order valence-electron chi connectivity index (χ4n) is 3.08. The molecule has 3 aromatic carbocycles. The largest absolute Gasteiger partial charge is 0.345 e. The molecule has 5 nitrogen and oxygen atoms in total. The van der Waals surface area contributed by atoms with Gasteiger partial charge in [0.15, 0.2) is 0 Å². The highest BCUT2D eigenvalue weighted by molar-refractivity contribution is 7.92. The minimum Gasteiger partial charge on any atom is -0.345 e. The summed E-state index contributed by atoms with van der Waals surface area (Å²) in [7, 11) is -3.81. The van der Waals surface area contributed by atoms with E-state index in [9.17, 15) is 13.2 Å². The number of carbonyl (C=O) groups is 1. The number of rotatable bonds is 6. The van der Waals surface area contributed by atoms with Crippen LogP contribution in [-0.2, 0) is 10.0 Å². The Hall–Kier alpha value is -3.12. The third-order valence-corrected chi connectivity index (χ3v) is 6.51. The lowest BCUT2D eigenvalue weighted by Crippen LogP contribution is -2.28. The van der Waals surface area contributed by atoms with Crippen LogP contribution in [0.5, 0.6) is 0 Å². The van der Waals surface area contributed by atoms with Crippen molar-refractivity contribution in [1.82, 2.24) is 5.32 Å². The zero-order chi connectivity index (χ0) is 21.9. The van der Waals surface area contributed by atoms with Gasteiger partial charge in [0.05, 0.1) is 22.2 Å². The highest BCUT2D eigenvalue weighted by Crippen LogP contribution is 2.22. The molecule has 0 spiro atoms. The van der Waals surface area contributed by atoms with E-state index in [2.05, 4.69) is 10.0 Å². The number of hydrogen-bond donors (Lipinski definition) is 2. The Kier molecular flexibility index (Phi) is 6.27. The molecule has 2 N–H and O–H groups in total. The average molecular weight is 423 g/mol. The molecule has 0 aliphatic rings. The van der Waals surface area contributed by atoms with E-state index in [1.165, 1.54) is 5.56 Å². The van der Waals surface area contributed by atoms with E-state index in [-0.39, 0.29) is 28.1 Å². The van der Waals surface area contributed by atoms with Crippen molar-refractivity contribution < 1.29 is 13.2 Å². The highest BCUT2D eigenvalue weighted by atomic mass is 32.2. The average Bonchev–Trinajstić information content (AvgIpc) is 2.70. The van der Waals surface area contributed by atoms with Gasteiger partial charge in [0.1, 0.15) is 0 Å². The number of carbonyl (C=O) groups excluding carboxylic acids is 1. The van der Waals surface area contributed by atoms with Crippen molar-refractivity contribution in [2.45, 2.75) is 38.6 Å². The van der Waals surface area contributed by atoms with E-state index >= 15 is 0 Å². The number of aryl methyl sites for hydroxylation is 3. The quantitative estimate of drug-likeness (QED) is 0.593. The molecule has 1 atom stereocenters. The predicted octanol–water partition coefficient (Wildman–Crippen LogP) is 4.90. The van der Waals surface area contributed by atoms with E-state index < -0.39 is 10.0 Å². The molecule has 0 unspecified atom stereocenters. The van der Waals surface area contributed by atoms with Crippen molar-refractivity contribution in [1.29, 1.82) is 0 Å². The smallest absolute Gasteiger partial charge is 0.261 e. The predicted molar refractivity (Wildman–Crippen MR) is 120 cm³/mol. The molecular formula is C24H26N2O3S. The Balaban J connectivity index is 1.82. The SMILES string of the molecule is Cc1ccc(S(=O)(=O)Nc2ccccc2C(=O)N[C@H](C)c2ccc(C)c(C)c2)cc1. The summed E-state index contributed by atoms with van der Waals surface area (Å²) in [6, 6.07) is 19.0. The molecule has 156 valence electrons. The number of sulfonamides is 1. The summed E-state index contributed by atoms with van der Waals surface area (Å²) in [4.78, 5) is 13.1. The first-order valence-electron chi connectivity index (χ1n) is 9.74. The number of para-hydroxylation sites is 1. The summed E-state index contributed by atoms with van der Waals surface area (Å²) in [5.74, 6) is -0.345. The van der Waals surface area contributed by atoms with E-state index in [4.69, 9.17) is 0 Å². The topological polar surface area (TPSA) is 75.3 Å². The van der Waals surface area contributed by atoms with Crippen LogP contribution in [0.25, 0.3) is 0 Å². The number of nitrogens with one attached hydrogen (secondary N) is 2. The fourth-order valence-corrected chi connectivity index (χ4v) is 4.16. The van der Waals surface area contributed by atoms with Gasteiger partial charge in [-0.15, -0.1) is 0 Å². The molecule has 0 heterocycles. The minimum atomic E-state index is -3.81. The van der Waals surface area contributed by atoms with Crippen LogP contribution in [0, 0.1) is 20.8 Å². The molecule has 0 saturated heterocycles. The molecule has 0 saturated carbocycles. The molecule has 0 aliphatic carbocycles. The number of benzene rings is 3. The Bertz CT molecular complexity index is 1170. The molecule has 30 heavy (non-hydrogen) atoms. The van der Waals surface area contributed by atoms with Gasteiger partial charge in [0, 0.05) is 0 Å². The third-order valence-electron chi connectivity index (χ3n) is 5.13. The van der Waals surface area contributed by atoms with Gasteiger partial charge in [0.2, 0.25) is 0 Å². The standard InChI is InChI=1S/C24H26N2O3S/c1-16-9-13-21(14-10-16)30(28,29)26-23-8-6-5-7-22(23)24(27)25-19(4)20-12-11-17(2)18(3)15-20/h5-15,19,26H,1-4H3,(H,25,27)/t19-/m1/s1. The summed E-state index contributed by atoms with van der Waals surface area (Å²) < 4.78 is 28.1. The zero-order valence-corrected chi connectivity index (χ0v) is 18.4. The first kappa shape index (κ1) is 21.6. The Morgan fingerprint density at radius 3 is 2.20 bits per heavy atom. The lowest BCUT2D eigenvalue weighted by molar-refractivity contribution is 0.0941. The second-order valence-corrected chi connectivity index (χ2v) is 9.19. The molecule has 6 heteroatoms.